The normalized spacial score (nSPS) is 10.8. The molecule has 7 nitrogen and oxygen atoms in total. The van der Waals surface area contributed by atoms with E-state index in [1.807, 2.05) is 36.4 Å². The van der Waals surface area contributed by atoms with Crippen LogP contribution in [0, 0.1) is 0 Å². The zero-order valence-electron chi connectivity index (χ0n) is 13.4. The highest BCUT2D eigenvalue weighted by atomic mass is 32.2. The molecule has 0 saturated carbocycles. The fourth-order valence-electron chi connectivity index (χ4n) is 2.10. The van der Waals surface area contributed by atoms with Gasteiger partial charge in [-0.2, -0.15) is 0 Å². The van der Waals surface area contributed by atoms with E-state index in [1.54, 1.807) is 29.9 Å². The average Bonchev–Trinajstić information content (AvgIpc) is 3.25. The van der Waals surface area contributed by atoms with Gasteiger partial charge in [0.15, 0.2) is 0 Å². The average molecular weight is 343 g/mol. The van der Waals surface area contributed by atoms with E-state index in [2.05, 4.69) is 15.5 Å². The molecule has 0 aliphatic rings. The summed E-state index contributed by atoms with van der Waals surface area (Å²) in [6.45, 7) is 0.499. The summed E-state index contributed by atoms with van der Waals surface area (Å²) < 4.78 is 7.02. The predicted octanol–water partition coefficient (Wildman–Crippen LogP) is 2.31. The Kier molecular flexibility index (Phi) is 4.95. The molecule has 24 heavy (non-hydrogen) atoms. The Labute approximate surface area is 143 Å². The van der Waals surface area contributed by atoms with Crippen LogP contribution in [-0.4, -0.2) is 45.1 Å². The first-order chi connectivity index (χ1) is 11.6. The molecule has 0 radical (unpaired) electrons. The van der Waals surface area contributed by atoms with Crippen LogP contribution < -0.4 is 0 Å². The molecular weight excluding hydrogens is 326 g/mol. The van der Waals surface area contributed by atoms with Gasteiger partial charge in [0, 0.05) is 25.4 Å². The molecule has 0 saturated heterocycles. The van der Waals surface area contributed by atoms with Crippen LogP contribution in [0.2, 0.25) is 0 Å². The molecule has 0 bridgehead atoms. The van der Waals surface area contributed by atoms with Crippen LogP contribution in [0.5, 0.6) is 0 Å². The number of amides is 1. The first-order valence-electron chi connectivity index (χ1n) is 7.35. The van der Waals surface area contributed by atoms with E-state index in [0.717, 1.165) is 22.2 Å². The maximum Gasteiger partial charge on any atom is 0.253 e. The van der Waals surface area contributed by atoms with E-state index in [4.69, 9.17) is 4.42 Å². The zero-order valence-corrected chi connectivity index (χ0v) is 14.2. The monoisotopic (exact) mass is 343 g/mol. The number of furan rings is 1. The number of tetrazole rings is 1. The summed E-state index contributed by atoms with van der Waals surface area (Å²) in [5, 5.41) is 12.5. The van der Waals surface area contributed by atoms with Gasteiger partial charge in [-0.15, -0.1) is 5.10 Å². The second-order valence-electron chi connectivity index (χ2n) is 5.38. The highest BCUT2D eigenvalue weighted by molar-refractivity contribution is 7.98. The molecule has 2 heterocycles. The lowest BCUT2D eigenvalue weighted by atomic mass is 10.1. The van der Waals surface area contributed by atoms with E-state index in [-0.39, 0.29) is 5.91 Å². The Morgan fingerprint density at radius 2 is 2.04 bits per heavy atom. The standard InChI is InChI=1S/C16H17N5O2S/c1-20(2)15(22)13-7-5-12(6-8-13)11-24-16-17-18-19-21(16)10-14-4-3-9-23-14/h3-9H,10-11H2,1-2H3. The van der Waals surface area contributed by atoms with Crippen LogP contribution >= 0.6 is 11.8 Å². The van der Waals surface area contributed by atoms with Crippen molar-refractivity contribution < 1.29 is 9.21 Å². The van der Waals surface area contributed by atoms with Gasteiger partial charge >= 0.3 is 0 Å². The van der Waals surface area contributed by atoms with Crippen molar-refractivity contribution in [1.82, 2.24) is 25.1 Å². The van der Waals surface area contributed by atoms with Crippen LogP contribution in [0.25, 0.3) is 0 Å². The van der Waals surface area contributed by atoms with Gasteiger partial charge < -0.3 is 9.32 Å². The van der Waals surface area contributed by atoms with E-state index < -0.39 is 0 Å². The van der Waals surface area contributed by atoms with Crippen molar-refractivity contribution in [2.45, 2.75) is 17.5 Å². The first kappa shape index (κ1) is 16.3. The van der Waals surface area contributed by atoms with Crippen LogP contribution in [-0.2, 0) is 12.3 Å². The summed E-state index contributed by atoms with van der Waals surface area (Å²) in [6, 6.07) is 11.3. The molecule has 0 atom stereocenters. The summed E-state index contributed by atoms with van der Waals surface area (Å²) >= 11 is 1.54. The minimum atomic E-state index is -0.00315. The van der Waals surface area contributed by atoms with Crippen molar-refractivity contribution in [3.05, 3.63) is 59.5 Å². The molecule has 0 spiro atoms. The van der Waals surface area contributed by atoms with Gasteiger partial charge in [-0.05, 0) is 40.3 Å². The number of rotatable bonds is 6. The molecule has 3 aromatic rings. The van der Waals surface area contributed by atoms with E-state index in [0.29, 0.717) is 12.1 Å². The molecule has 0 N–H and O–H groups in total. The van der Waals surface area contributed by atoms with Gasteiger partial charge in [0.2, 0.25) is 5.16 Å². The Hall–Kier alpha value is -2.61. The molecule has 0 fully saturated rings. The van der Waals surface area contributed by atoms with E-state index in [9.17, 15) is 4.79 Å². The number of nitrogens with zero attached hydrogens (tertiary/aromatic N) is 5. The third-order valence-electron chi connectivity index (χ3n) is 3.36. The molecule has 3 rings (SSSR count). The van der Waals surface area contributed by atoms with Crippen LogP contribution in [0.4, 0.5) is 0 Å². The third-order valence-corrected chi connectivity index (χ3v) is 4.39. The second kappa shape index (κ2) is 7.31. The summed E-state index contributed by atoms with van der Waals surface area (Å²) in [4.78, 5) is 13.4. The number of hydrogen-bond donors (Lipinski definition) is 0. The number of carbonyl (C=O) groups is 1. The van der Waals surface area contributed by atoms with Gasteiger partial charge in [-0.3, -0.25) is 4.79 Å². The van der Waals surface area contributed by atoms with Gasteiger partial charge in [-0.25, -0.2) is 4.68 Å². The molecule has 8 heteroatoms. The molecule has 1 amide bonds. The molecule has 0 unspecified atom stereocenters. The summed E-state index contributed by atoms with van der Waals surface area (Å²) in [5.74, 6) is 1.52. The van der Waals surface area contributed by atoms with Crippen molar-refractivity contribution in [1.29, 1.82) is 0 Å². The SMILES string of the molecule is CN(C)C(=O)c1ccc(CSc2nnnn2Cc2ccco2)cc1. The number of aromatic nitrogens is 4. The van der Waals surface area contributed by atoms with Crippen molar-refractivity contribution in [3.63, 3.8) is 0 Å². The van der Waals surface area contributed by atoms with E-state index >= 15 is 0 Å². The van der Waals surface area contributed by atoms with Crippen LogP contribution in [0.15, 0.2) is 52.2 Å². The molecule has 1 aromatic carbocycles. The highest BCUT2D eigenvalue weighted by Crippen LogP contribution is 2.21. The fourth-order valence-corrected chi connectivity index (χ4v) is 2.93. The maximum absolute atomic E-state index is 11.9. The molecular formula is C16H17N5O2S. The predicted molar refractivity (Wildman–Crippen MR) is 89.6 cm³/mol. The number of benzene rings is 1. The van der Waals surface area contributed by atoms with Crippen molar-refractivity contribution in [2.75, 3.05) is 14.1 Å². The van der Waals surface area contributed by atoms with Crippen LogP contribution in [0.3, 0.4) is 0 Å². The Balaban J connectivity index is 1.62. The fraction of sp³-hybridized carbons (Fsp3) is 0.250. The second-order valence-corrected chi connectivity index (χ2v) is 6.33. The van der Waals surface area contributed by atoms with E-state index in [1.165, 1.54) is 11.8 Å². The molecule has 2 aromatic heterocycles. The number of thioether (sulfide) groups is 1. The third kappa shape index (κ3) is 3.83. The van der Waals surface area contributed by atoms with Crippen molar-refractivity contribution in [2.24, 2.45) is 0 Å². The highest BCUT2D eigenvalue weighted by Gasteiger charge is 2.10. The number of carbonyl (C=O) groups excluding carboxylic acids is 1. The van der Waals surface area contributed by atoms with Crippen molar-refractivity contribution >= 4 is 17.7 Å². The van der Waals surface area contributed by atoms with Gasteiger partial charge in [0.25, 0.3) is 5.91 Å². The zero-order chi connectivity index (χ0) is 16.9. The maximum atomic E-state index is 11.9. The summed E-state index contributed by atoms with van der Waals surface area (Å²) in [5.41, 5.74) is 1.78. The quantitative estimate of drug-likeness (QED) is 0.639. The van der Waals surface area contributed by atoms with Gasteiger partial charge in [-0.1, -0.05) is 23.9 Å². The Morgan fingerprint density at radius 3 is 2.71 bits per heavy atom. The lowest BCUT2D eigenvalue weighted by Gasteiger charge is -2.10. The molecule has 124 valence electrons. The largest absolute Gasteiger partial charge is 0.467 e. The molecule has 0 aliphatic carbocycles. The lowest BCUT2D eigenvalue weighted by molar-refractivity contribution is 0.0827. The van der Waals surface area contributed by atoms with Gasteiger partial charge in [0.05, 0.1) is 6.26 Å². The summed E-state index contributed by atoms with van der Waals surface area (Å²) in [6.07, 6.45) is 1.63. The minimum absolute atomic E-state index is 0.00315. The topological polar surface area (TPSA) is 77.1 Å². The van der Waals surface area contributed by atoms with Crippen molar-refractivity contribution in [3.8, 4) is 0 Å². The minimum Gasteiger partial charge on any atom is -0.467 e. The first-order valence-corrected chi connectivity index (χ1v) is 8.34. The number of hydrogen-bond acceptors (Lipinski definition) is 6. The van der Waals surface area contributed by atoms with Crippen LogP contribution in [0.1, 0.15) is 21.7 Å². The lowest BCUT2D eigenvalue weighted by Crippen LogP contribution is -2.21. The van der Waals surface area contributed by atoms with Gasteiger partial charge in [0.1, 0.15) is 12.3 Å². The summed E-state index contributed by atoms with van der Waals surface area (Å²) in [7, 11) is 3.48. The molecule has 0 aliphatic heterocycles. The Bertz CT molecular complexity index is 796. The Morgan fingerprint density at radius 1 is 1.25 bits per heavy atom. The smallest absolute Gasteiger partial charge is 0.253 e.